The Morgan fingerprint density at radius 3 is 1.15 bits per heavy atom. The standard InChI is InChI=1S/C20H18N6O8/c27-23(28)7-11(8-24(29)30)17-5-22-20-14-2-4-16-18(12(9-25(31)32)10-26(33)34)6-21-19(16)13(14)1-3-15(17)20/h1-6,11-12,21-22H,7-10H2. The molecule has 2 N–H and O–H groups in total. The molecule has 0 amide bonds. The Morgan fingerprint density at radius 1 is 0.559 bits per heavy atom. The first kappa shape index (κ1) is 22.6. The maximum Gasteiger partial charge on any atom is 0.217 e. The van der Waals surface area contributed by atoms with Gasteiger partial charge >= 0.3 is 0 Å². The van der Waals surface area contributed by atoms with Gasteiger partial charge in [0.15, 0.2) is 0 Å². The lowest BCUT2D eigenvalue weighted by molar-refractivity contribution is -0.516. The van der Waals surface area contributed by atoms with Gasteiger partial charge in [0.2, 0.25) is 26.2 Å². The van der Waals surface area contributed by atoms with Crippen molar-refractivity contribution in [2.24, 2.45) is 0 Å². The maximum atomic E-state index is 11.1. The van der Waals surface area contributed by atoms with Gasteiger partial charge < -0.3 is 9.97 Å². The van der Waals surface area contributed by atoms with Crippen molar-refractivity contribution in [3.8, 4) is 0 Å². The number of rotatable bonds is 10. The predicted molar refractivity (Wildman–Crippen MR) is 121 cm³/mol. The number of hydrogen-bond donors (Lipinski definition) is 2. The molecule has 2 aromatic carbocycles. The third-order valence-electron chi connectivity index (χ3n) is 5.92. The van der Waals surface area contributed by atoms with Crippen molar-refractivity contribution >= 4 is 32.6 Å². The van der Waals surface area contributed by atoms with Crippen LogP contribution in [0, 0.1) is 40.5 Å². The summed E-state index contributed by atoms with van der Waals surface area (Å²) in [6.45, 7) is -2.34. The summed E-state index contributed by atoms with van der Waals surface area (Å²) in [5, 5.41) is 46.9. The van der Waals surface area contributed by atoms with Gasteiger partial charge in [-0.3, -0.25) is 40.5 Å². The molecule has 0 saturated carbocycles. The van der Waals surface area contributed by atoms with E-state index in [-0.39, 0.29) is 0 Å². The lowest BCUT2D eigenvalue weighted by Crippen LogP contribution is -2.20. The van der Waals surface area contributed by atoms with Crippen molar-refractivity contribution in [1.29, 1.82) is 0 Å². The molecule has 176 valence electrons. The van der Waals surface area contributed by atoms with Crippen LogP contribution in [0.15, 0.2) is 36.7 Å². The molecule has 34 heavy (non-hydrogen) atoms. The average Bonchev–Trinajstić information content (AvgIpc) is 3.35. The van der Waals surface area contributed by atoms with E-state index in [1.165, 1.54) is 12.4 Å². The van der Waals surface area contributed by atoms with Crippen molar-refractivity contribution in [2.45, 2.75) is 11.8 Å². The minimum absolute atomic E-state index is 0.467. The van der Waals surface area contributed by atoms with Gasteiger partial charge in [0, 0.05) is 53.6 Å². The van der Waals surface area contributed by atoms with Gasteiger partial charge in [-0.1, -0.05) is 24.3 Å². The summed E-state index contributed by atoms with van der Waals surface area (Å²) in [6, 6.07) is 6.93. The van der Waals surface area contributed by atoms with Crippen molar-refractivity contribution < 1.29 is 19.7 Å². The molecule has 2 aromatic heterocycles. The van der Waals surface area contributed by atoms with E-state index in [9.17, 15) is 40.5 Å². The smallest absolute Gasteiger partial charge is 0.217 e. The summed E-state index contributed by atoms with van der Waals surface area (Å²) >= 11 is 0. The number of hydrogen-bond acceptors (Lipinski definition) is 8. The third-order valence-corrected chi connectivity index (χ3v) is 5.92. The van der Waals surface area contributed by atoms with Gasteiger partial charge in [-0.25, -0.2) is 0 Å². The fraction of sp³-hybridized carbons (Fsp3) is 0.300. The van der Waals surface area contributed by atoms with E-state index in [0.717, 1.165) is 10.8 Å². The molecule has 0 aliphatic rings. The third kappa shape index (κ3) is 4.20. The molecule has 0 bridgehead atoms. The second kappa shape index (κ2) is 8.73. The highest BCUT2D eigenvalue weighted by Crippen LogP contribution is 2.36. The van der Waals surface area contributed by atoms with Crippen molar-refractivity contribution in [3.05, 3.63) is 88.2 Å². The topological polar surface area (TPSA) is 204 Å². The number of aromatic nitrogens is 2. The molecule has 0 atom stereocenters. The van der Waals surface area contributed by atoms with Gasteiger partial charge in [-0.15, -0.1) is 0 Å². The molecule has 0 aliphatic carbocycles. The monoisotopic (exact) mass is 470 g/mol. The Kier molecular flexibility index (Phi) is 5.79. The molecule has 2 heterocycles. The lowest BCUT2D eigenvalue weighted by atomic mass is 9.94. The molecule has 4 rings (SSSR count). The Bertz CT molecular complexity index is 1320. The fourth-order valence-electron chi connectivity index (χ4n) is 4.56. The second-order valence-electron chi connectivity index (χ2n) is 8.01. The summed E-state index contributed by atoms with van der Waals surface area (Å²) < 4.78 is 0. The van der Waals surface area contributed by atoms with Gasteiger partial charge in [-0.2, -0.15) is 0 Å². The number of nitrogens with zero attached hydrogens (tertiary/aromatic N) is 4. The van der Waals surface area contributed by atoms with E-state index in [1.807, 2.05) is 0 Å². The first-order valence-corrected chi connectivity index (χ1v) is 10.2. The zero-order valence-electron chi connectivity index (χ0n) is 17.5. The van der Waals surface area contributed by atoms with Gasteiger partial charge in [0.05, 0.1) is 11.0 Å². The Balaban J connectivity index is 1.84. The fourth-order valence-corrected chi connectivity index (χ4v) is 4.56. The number of aromatic amines is 2. The summed E-state index contributed by atoms with van der Waals surface area (Å²) in [6.07, 6.45) is 3.08. The summed E-state index contributed by atoms with van der Waals surface area (Å²) in [5.74, 6) is -1.83. The molecule has 14 nitrogen and oxygen atoms in total. The van der Waals surface area contributed by atoms with E-state index in [1.54, 1.807) is 24.3 Å². The van der Waals surface area contributed by atoms with E-state index in [0.29, 0.717) is 32.9 Å². The molecule has 14 heteroatoms. The van der Waals surface area contributed by atoms with Crippen LogP contribution in [0.4, 0.5) is 0 Å². The average molecular weight is 470 g/mol. The molecule has 0 fully saturated rings. The van der Waals surface area contributed by atoms with Crippen LogP contribution in [0.1, 0.15) is 23.0 Å². The van der Waals surface area contributed by atoms with Crippen LogP contribution in [0.2, 0.25) is 0 Å². The zero-order valence-corrected chi connectivity index (χ0v) is 17.5. The molecular formula is C20H18N6O8. The molecule has 4 aromatic rings. The molecule has 0 aliphatic heterocycles. The van der Waals surface area contributed by atoms with E-state index in [4.69, 9.17) is 0 Å². The minimum Gasteiger partial charge on any atom is -0.360 e. The maximum absolute atomic E-state index is 11.1. The van der Waals surface area contributed by atoms with Gasteiger partial charge in [0.1, 0.15) is 11.8 Å². The predicted octanol–water partition coefficient (Wildman–Crippen LogP) is 3.08. The number of nitrogens with one attached hydrogen (secondary N) is 2. The molecule has 0 unspecified atom stereocenters. The summed E-state index contributed by atoms with van der Waals surface area (Å²) in [7, 11) is 0. The van der Waals surface area contributed by atoms with Crippen LogP contribution in [0.3, 0.4) is 0 Å². The molecule has 0 spiro atoms. The number of nitro groups is 4. The first-order valence-electron chi connectivity index (χ1n) is 10.2. The highest BCUT2D eigenvalue weighted by atomic mass is 16.6. The molecule has 0 radical (unpaired) electrons. The number of H-pyrrole nitrogens is 2. The SMILES string of the molecule is O=[N+]([O-])CC(C[N+](=O)[O-])c1c[nH]c2c1ccc1c2ccc2c(C(C[N+](=O)[O-])C[N+](=O)[O-])c[nH]c21. The Labute approximate surface area is 189 Å². The van der Waals surface area contributed by atoms with Crippen LogP contribution in [0.5, 0.6) is 0 Å². The number of fused-ring (bicyclic) bond motifs is 5. The van der Waals surface area contributed by atoms with Crippen LogP contribution in [-0.4, -0.2) is 55.8 Å². The lowest BCUT2D eigenvalue weighted by Gasteiger charge is -2.09. The Hall–Kier alpha value is -4.62. The van der Waals surface area contributed by atoms with Crippen LogP contribution in [-0.2, 0) is 0 Å². The van der Waals surface area contributed by atoms with E-state index in [2.05, 4.69) is 9.97 Å². The summed E-state index contributed by atoms with van der Waals surface area (Å²) in [5.41, 5.74) is 2.20. The van der Waals surface area contributed by atoms with E-state index < -0.39 is 57.7 Å². The van der Waals surface area contributed by atoms with Gasteiger partial charge in [-0.05, 0) is 11.1 Å². The van der Waals surface area contributed by atoms with Gasteiger partial charge in [0.25, 0.3) is 0 Å². The summed E-state index contributed by atoms with van der Waals surface area (Å²) in [4.78, 5) is 48.0. The number of benzene rings is 2. The molecule has 0 saturated heterocycles. The molecular weight excluding hydrogens is 452 g/mol. The van der Waals surface area contributed by atoms with Crippen molar-refractivity contribution in [2.75, 3.05) is 26.2 Å². The van der Waals surface area contributed by atoms with Crippen molar-refractivity contribution in [1.82, 2.24) is 9.97 Å². The van der Waals surface area contributed by atoms with Crippen LogP contribution in [0.25, 0.3) is 32.6 Å². The van der Waals surface area contributed by atoms with Crippen LogP contribution >= 0.6 is 0 Å². The quantitative estimate of drug-likeness (QED) is 0.259. The first-order chi connectivity index (χ1) is 16.2. The van der Waals surface area contributed by atoms with Crippen molar-refractivity contribution in [3.63, 3.8) is 0 Å². The normalized spacial score (nSPS) is 11.7. The second-order valence-corrected chi connectivity index (χ2v) is 8.01. The largest absolute Gasteiger partial charge is 0.360 e. The Morgan fingerprint density at radius 2 is 0.853 bits per heavy atom. The minimum atomic E-state index is -0.915. The highest BCUT2D eigenvalue weighted by molar-refractivity contribution is 6.16. The highest BCUT2D eigenvalue weighted by Gasteiger charge is 2.28. The van der Waals surface area contributed by atoms with E-state index >= 15 is 0 Å². The van der Waals surface area contributed by atoms with Crippen LogP contribution < -0.4 is 0 Å². The zero-order chi connectivity index (χ0) is 24.6.